The van der Waals surface area contributed by atoms with E-state index in [1.165, 1.54) is 6.42 Å². The SMILES string of the molecule is CCOC(=O)CC[C@@]12CC[C@H]3[C@H](C)CC[C@H]4CCO[C@H](O1)[C@@]43OO2. The molecule has 5 fully saturated rings. The first-order valence-corrected chi connectivity index (χ1v) is 9.41. The molecule has 0 aromatic carbocycles. The fraction of sp³-hybridized carbons (Fsp3) is 0.944. The van der Waals surface area contributed by atoms with E-state index < -0.39 is 11.4 Å². The van der Waals surface area contributed by atoms with Crippen LogP contribution in [0, 0.1) is 17.8 Å². The Balaban J connectivity index is 1.57. The topological polar surface area (TPSA) is 63.2 Å². The first-order valence-electron chi connectivity index (χ1n) is 9.41. The molecule has 4 saturated heterocycles. The van der Waals surface area contributed by atoms with Crippen molar-refractivity contribution in [2.75, 3.05) is 13.2 Å². The molecule has 0 unspecified atom stereocenters. The minimum atomic E-state index is -0.887. The Hall–Kier alpha value is -0.690. The molecule has 1 spiro atoms. The highest BCUT2D eigenvalue weighted by atomic mass is 17.3. The molecule has 136 valence electrons. The van der Waals surface area contributed by atoms with Crippen LogP contribution in [-0.4, -0.2) is 36.9 Å². The van der Waals surface area contributed by atoms with Crippen LogP contribution in [0.4, 0.5) is 0 Å². The van der Waals surface area contributed by atoms with Gasteiger partial charge in [0.25, 0.3) is 0 Å². The van der Waals surface area contributed by atoms with Crippen molar-refractivity contribution < 1.29 is 28.8 Å². The molecule has 1 saturated carbocycles. The molecule has 6 nitrogen and oxygen atoms in total. The van der Waals surface area contributed by atoms with Gasteiger partial charge in [0, 0.05) is 12.8 Å². The number of hydrogen-bond donors (Lipinski definition) is 0. The van der Waals surface area contributed by atoms with E-state index in [9.17, 15) is 4.79 Å². The summed E-state index contributed by atoms with van der Waals surface area (Å²) in [5.74, 6) is 0.266. The molecule has 4 heterocycles. The van der Waals surface area contributed by atoms with E-state index in [0.717, 1.165) is 25.7 Å². The van der Waals surface area contributed by atoms with Gasteiger partial charge in [-0.2, -0.15) is 0 Å². The molecule has 5 aliphatic rings. The van der Waals surface area contributed by atoms with E-state index in [1.807, 2.05) is 6.92 Å². The zero-order chi connectivity index (χ0) is 16.8. The molecule has 0 aromatic rings. The third-order valence-corrected chi connectivity index (χ3v) is 6.49. The Morgan fingerprint density at radius 3 is 2.92 bits per heavy atom. The predicted molar refractivity (Wildman–Crippen MR) is 83.6 cm³/mol. The third kappa shape index (κ3) is 2.50. The van der Waals surface area contributed by atoms with E-state index in [1.54, 1.807) is 0 Å². The van der Waals surface area contributed by atoms with E-state index in [-0.39, 0.29) is 18.7 Å². The van der Waals surface area contributed by atoms with Gasteiger partial charge < -0.3 is 14.2 Å². The van der Waals surface area contributed by atoms with Crippen LogP contribution in [0.25, 0.3) is 0 Å². The Morgan fingerprint density at radius 2 is 2.08 bits per heavy atom. The zero-order valence-electron chi connectivity index (χ0n) is 14.6. The average molecular weight is 340 g/mol. The van der Waals surface area contributed by atoms with Gasteiger partial charge >= 0.3 is 5.97 Å². The number of carbonyl (C=O) groups is 1. The van der Waals surface area contributed by atoms with Crippen molar-refractivity contribution in [1.82, 2.24) is 0 Å². The molecule has 5 rings (SSSR count). The lowest BCUT2D eigenvalue weighted by Crippen LogP contribution is -2.67. The molecule has 1 aliphatic carbocycles. The quantitative estimate of drug-likeness (QED) is 0.579. The average Bonchev–Trinajstić information content (AvgIpc) is 2.83. The van der Waals surface area contributed by atoms with Crippen LogP contribution in [-0.2, 0) is 28.8 Å². The van der Waals surface area contributed by atoms with Crippen LogP contribution in [0.5, 0.6) is 0 Å². The van der Waals surface area contributed by atoms with Crippen molar-refractivity contribution in [3.63, 3.8) is 0 Å². The van der Waals surface area contributed by atoms with Crippen molar-refractivity contribution >= 4 is 5.97 Å². The molecule has 6 heteroatoms. The van der Waals surface area contributed by atoms with Gasteiger partial charge in [-0.1, -0.05) is 6.92 Å². The number of hydrogen-bond acceptors (Lipinski definition) is 6. The lowest BCUT2D eigenvalue weighted by Gasteiger charge is -2.57. The molecule has 0 radical (unpaired) electrons. The number of esters is 1. The molecule has 6 atom stereocenters. The number of fused-ring (bicyclic) bond motifs is 2. The zero-order valence-corrected chi connectivity index (χ0v) is 14.6. The lowest BCUT2D eigenvalue weighted by atomic mass is 9.61. The third-order valence-electron chi connectivity index (χ3n) is 6.49. The highest BCUT2D eigenvalue weighted by Crippen LogP contribution is 2.59. The summed E-state index contributed by atoms with van der Waals surface area (Å²) in [5, 5.41) is 0. The summed E-state index contributed by atoms with van der Waals surface area (Å²) < 4.78 is 17.4. The van der Waals surface area contributed by atoms with Crippen LogP contribution in [0.1, 0.15) is 58.8 Å². The van der Waals surface area contributed by atoms with Crippen LogP contribution in [0.15, 0.2) is 0 Å². The van der Waals surface area contributed by atoms with Gasteiger partial charge in [0.1, 0.15) is 0 Å². The van der Waals surface area contributed by atoms with Gasteiger partial charge in [0.15, 0.2) is 11.9 Å². The Kier molecular flexibility index (Phi) is 4.35. The summed E-state index contributed by atoms with van der Waals surface area (Å²) in [4.78, 5) is 23.7. The first kappa shape index (κ1) is 16.8. The van der Waals surface area contributed by atoms with Gasteiger partial charge in [-0.3, -0.25) is 4.79 Å². The molecule has 24 heavy (non-hydrogen) atoms. The van der Waals surface area contributed by atoms with E-state index >= 15 is 0 Å². The molecular weight excluding hydrogens is 312 g/mol. The number of carbonyl (C=O) groups excluding carboxylic acids is 1. The molecular formula is C18H28O6. The van der Waals surface area contributed by atoms with Gasteiger partial charge in [-0.25, -0.2) is 9.78 Å². The van der Waals surface area contributed by atoms with E-state index in [4.69, 9.17) is 24.0 Å². The van der Waals surface area contributed by atoms with Crippen LogP contribution < -0.4 is 0 Å². The monoisotopic (exact) mass is 340 g/mol. The van der Waals surface area contributed by atoms with Crippen molar-refractivity contribution in [3.8, 4) is 0 Å². The standard InChI is InChI=1S/C18H28O6/c1-3-20-15(19)7-10-17-9-6-14-12(2)4-5-13-8-11-21-16(22-17)18(13,14)24-23-17/h12-14,16H,3-11H2,1-2H3/t12-,13+,14+,16-,17+,18-/m1/s1. The van der Waals surface area contributed by atoms with Crippen molar-refractivity contribution in [3.05, 3.63) is 0 Å². The molecule has 2 bridgehead atoms. The fourth-order valence-electron chi connectivity index (χ4n) is 5.22. The summed E-state index contributed by atoms with van der Waals surface area (Å²) in [6, 6.07) is 0. The summed E-state index contributed by atoms with van der Waals surface area (Å²) >= 11 is 0. The van der Waals surface area contributed by atoms with E-state index in [2.05, 4.69) is 6.92 Å². The van der Waals surface area contributed by atoms with Gasteiger partial charge in [0.05, 0.1) is 19.6 Å². The van der Waals surface area contributed by atoms with Crippen LogP contribution in [0.2, 0.25) is 0 Å². The summed E-state index contributed by atoms with van der Waals surface area (Å²) in [5.41, 5.74) is -0.472. The van der Waals surface area contributed by atoms with Crippen molar-refractivity contribution in [1.29, 1.82) is 0 Å². The lowest BCUT2D eigenvalue weighted by molar-refractivity contribution is -0.568. The summed E-state index contributed by atoms with van der Waals surface area (Å²) in [6.07, 6.45) is 5.40. The van der Waals surface area contributed by atoms with E-state index in [0.29, 0.717) is 37.4 Å². The minimum absolute atomic E-state index is 0.225. The second-order valence-electron chi connectivity index (χ2n) is 7.74. The maximum atomic E-state index is 11.8. The maximum Gasteiger partial charge on any atom is 0.305 e. The summed E-state index contributed by atoms with van der Waals surface area (Å²) in [7, 11) is 0. The van der Waals surface area contributed by atoms with Crippen LogP contribution in [0.3, 0.4) is 0 Å². The van der Waals surface area contributed by atoms with Gasteiger partial charge in [0.2, 0.25) is 5.79 Å². The Morgan fingerprint density at radius 1 is 1.21 bits per heavy atom. The fourth-order valence-corrected chi connectivity index (χ4v) is 5.22. The maximum absolute atomic E-state index is 11.8. The Bertz CT molecular complexity index is 492. The minimum Gasteiger partial charge on any atom is -0.466 e. The first-order chi connectivity index (χ1) is 11.6. The second-order valence-corrected chi connectivity index (χ2v) is 7.74. The Labute approximate surface area is 143 Å². The molecule has 0 aromatic heterocycles. The van der Waals surface area contributed by atoms with Gasteiger partial charge in [-0.15, -0.1) is 0 Å². The number of rotatable bonds is 4. The van der Waals surface area contributed by atoms with Crippen molar-refractivity contribution in [2.24, 2.45) is 17.8 Å². The van der Waals surface area contributed by atoms with Crippen LogP contribution >= 0.6 is 0 Å². The highest BCUT2D eigenvalue weighted by molar-refractivity contribution is 5.69. The molecule has 0 N–H and O–H groups in total. The predicted octanol–water partition coefficient (Wildman–Crippen LogP) is 2.95. The largest absolute Gasteiger partial charge is 0.466 e. The second kappa shape index (κ2) is 6.24. The molecule has 0 amide bonds. The highest BCUT2D eigenvalue weighted by Gasteiger charge is 2.67. The van der Waals surface area contributed by atoms with Crippen molar-refractivity contribution in [2.45, 2.75) is 76.5 Å². The molecule has 4 aliphatic heterocycles. The summed E-state index contributed by atoms with van der Waals surface area (Å²) in [6.45, 7) is 5.20. The van der Waals surface area contributed by atoms with Gasteiger partial charge in [-0.05, 0) is 50.4 Å². The number of ether oxygens (including phenoxy) is 3. The smallest absolute Gasteiger partial charge is 0.305 e. The normalized spacial score (nSPS) is 46.9.